The Morgan fingerprint density at radius 1 is 1.47 bits per heavy atom. The van der Waals surface area contributed by atoms with Gasteiger partial charge in [0.2, 0.25) is 10.0 Å². The summed E-state index contributed by atoms with van der Waals surface area (Å²) in [5.74, 6) is 1.03. The van der Waals surface area contributed by atoms with Crippen molar-refractivity contribution in [3.05, 3.63) is 0 Å². The predicted octanol–water partition coefficient (Wildman–Crippen LogP) is -0.418. The maximum atomic E-state index is 11.4. The minimum Gasteiger partial charge on any atom is -0.370 e. The fourth-order valence-corrected chi connectivity index (χ4v) is 2.17. The number of nitrogens with two attached hydrogens (primary N) is 1. The number of guanidine groups is 1. The lowest BCUT2D eigenvalue weighted by molar-refractivity contribution is 0.326. The van der Waals surface area contributed by atoms with Gasteiger partial charge in [0.1, 0.15) is 0 Å². The highest BCUT2D eigenvalue weighted by atomic mass is 32.2. The van der Waals surface area contributed by atoms with Gasteiger partial charge in [0.05, 0.1) is 5.75 Å². The summed E-state index contributed by atoms with van der Waals surface area (Å²) in [7, 11) is -0.124. The number of hydrogen-bond acceptors (Lipinski definition) is 3. The molecule has 0 aromatic heterocycles. The summed E-state index contributed by atoms with van der Waals surface area (Å²) in [4.78, 5) is 4.19. The van der Waals surface area contributed by atoms with Crippen LogP contribution in [0.5, 0.6) is 0 Å². The summed E-state index contributed by atoms with van der Waals surface area (Å²) in [6.07, 6.45) is 3.74. The molecule has 0 aliphatic heterocycles. The molecule has 1 aliphatic carbocycles. The van der Waals surface area contributed by atoms with Crippen LogP contribution in [0.15, 0.2) is 4.99 Å². The summed E-state index contributed by atoms with van der Waals surface area (Å²) in [5, 5.41) is 2.82. The Hall–Kier alpha value is -0.820. The van der Waals surface area contributed by atoms with Crippen LogP contribution >= 0.6 is 0 Å². The number of aliphatic imine (C=N–C) groups is 1. The van der Waals surface area contributed by atoms with Gasteiger partial charge < -0.3 is 11.1 Å². The number of nitrogens with zero attached hydrogens (tertiary/aromatic N) is 2. The van der Waals surface area contributed by atoms with Gasteiger partial charge in [-0.1, -0.05) is 6.42 Å². The van der Waals surface area contributed by atoms with Gasteiger partial charge in [-0.2, -0.15) is 0 Å². The van der Waals surface area contributed by atoms with Crippen molar-refractivity contribution < 1.29 is 8.42 Å². The maximum absolute atomic E-state index is 11.4. The summed E-state index contributed by atoms with van der Waals surface area (Å²) < 4.78 is 24.1. The van der Waals surface area contributed by atoms with Crippen molar-refractivity contribution in [1.29, 1.82) is 0 Å². The molecule has 0 spiro atoms. The molecule has 3 N–H and O–H groups in total. The van der Waals surface area contributed by atoms with Gasteiger partial charge >= 0.3 is 0 Å². The van der Waals surface area contributed by atoms with E-state index in [9.17, 15) is 8.42 Å². The second-order valence-electron chi connectivity index (χ2n) is 4.55. The molecule has 1 rings (SSSR count). The zero-order valence-electron chi connectivity index (χ0n) is 10.5. The Balaban J connectivity index is 2.21. The monoisotopic (exact) mass is 262 g/mol. The van der Waals surface area contributed by atoms with Crippen molar-refractivity contribution in [2.24, 2.45) is 16.6 Å². The van der Waals surface area contributed by atoms with E-state index in [-0.39, 0.29) is 5.75 Å². The van der Waals surface area contributed by atoms with Gasteiger partial charge in [0, 0.05) is 27.2 Å². The van der Waals surface area contributed by atoms with Crippen molar-refractivity contribution in [2.45, 2.75) is 19.3 Å². The lowest BCUT2D eigenvalue weighted by Crippen LogP contribution is -2.38. The van der Waals surface area contributed by atoms with E-state index in [1.165, 1.54) is 37.7 Å². The van der Waals surface area contributed by atoms with Crippen LogP contribution < -0.4 is 11.1 Å². The van der Waals surface area contributed by atoms with E-state index in [4.69, 9.17) is 5.73 Å². The Bertz CT molecular complexity index is 361. The summed E-state index contributed by atoms with van der Waals surface area (Å²) in [6, 6.07) is 0. The molecule has 0 unspecified atom stereocenters. The lowest BCUT2D eigenvalue weighted by atomic mass is 9.86. The molecular formula is C10H22N4O2S. The molecule has 1 saturated carbocycles. The Morgan fingerprint density at radius 2 is 2.12 bits per heavy atom. The highest BCUT2D eigenvalue weighted by Crippen LogP contribution is 2.26. The molecule has 0 bridgehead atoms. The van der Waals surface area contributed by atoms with Crippen LogP contribution in [0.25, 0.3) is 0 Å². The lowest BCUT2D eigenvalue weighted by Gasteiger charge is -2.23. The van der Waals surface area contributed by atoms with Crippen LogP contribution in [0.3, 0.4) is 0 Å². The molecule has 100 valence electrons. The average molecular weight is 262 g/mol. The largest absolute Gasteiger partial charge is 0.370 e. The topological polar surface area (TPSA) is 87.8 Å². The van der Waals surface area contributed by atoms with Crippen molar-refractivity contribution in [3.63, 3.8) is 0 Å². The highest BCUT2D eigenvalue weighted by molar-refractivity contribution is 7.89. The van der Waals surface area contributed by atoms with Gasteiger partial charge in [0.15, 0.2) is 5.96 Å². The first-order chi connectivity index (χ1) is 7.92. The first kappa shape index (κ1) is 14.2. The number of hydrogen-bond donors (Lipinski definition) is 2. The Kier molecular flexibility index (Phi) is 5.20. The third-order valence-corrected chi connectivity index (χ3v) is 4.80. The third-order valence-electron chi connectivity index (χ3n) is 2.97. The molecule has 0 radical (unpaired) electrons. The fourth-order valence-electron chi connectivity index (χ4n) is 1.45. The van der Waals surface area contributed by atoms with E-state index in [1.807, 2.05) is 0 Å². The van der Waals surface area contributed by atoms with Gasteiger partial charge in [-0.25, -0.2) is 12.7 Å². The zero-order chi connectivity index (χ0) is 12.9. The molecule has 17 heavy (non-hydrogen) atoms. The summed E-state index contributed by atoms with van der Waals surface area (Å²) >= 11 is 0. The molecule has 0 heterocycles. The van der Waals surface area contributed by atoms with Crippen LogP contribution in [0, 0.1) is 5.92 Å². The van der Waals surface area contributed by atoms with E-state index < -0.39 is 10.0 Å². The quantitative estimate of drug-likeness (QED) is 0.503. The van der Waals surface area contributed by atoms with Gasteiger partial charge in [-0.05, 0) is 18.8 Å². The minimum atomic E-state index is -3.16. The molecule has 1 fully saturated rings. The average Bonchev–Trinajstić information content (AvgIpc) is 2.14. The molecule has 0 saturated heterocycles. The molecular weight excluding hydrogens is 240 g/mol. The normalized spacial score (nSPS) is 18.2. The molecule has 1 aliphatic rings. The maximum Gasteiger partial charge on any atom is 0.215 e. The van der Waals surface area contributed by atoms with Gasteiger partial charge in [-0.3, -0.25) is 4.99 Å². The Labute approximate surface area is 103 Å². The fraction of sp³-hybridized carbons (Fsp3) is 0.900. The Morgan fingerprint density at radius 3 is 2.59 bits per heavy atom. The van der Waals surface area contributed by atoms with Crippen LogP contribution in [-0.2, 0) is 10.0 Å². The van der Waals surface area contributed by atoms with E-state index in [2.05, 4.69) is 10.3 Å². The van der Waals surface area contributed by atoms with E-state index in [0.29, 0.717) is 18.4 Å². The van der Waals surface area contributed by atoms with E-state index >= 15 is 0 Å². The predicted molar refractivity (Wildman–Crippen MR) is 69.3 cm³/mol. The molecule has 0 aromatic carbocycles. The first-order valence-electron chi connectivity index (χ1n) is 5.86. The SMILES string of the molecule is CN(C)S(=O)(=O)CCNC(N)=NCC1CCC1. The summed E-state index contributed by atoms with van der Waals surface area (Å²) in [6.45, 7) is 1.04. The second kappa shape index (κ2) is 6.20. The van der Waals surface area contributed by atoms with E-state index in [0.717, 1.165) is 6.54 Å². The minimum absolute atomic E-state index is 0.0274. The number of sulfonamides is 1. The van der Waals surface area contributed by atoms with Crippen molar-refractivity contribution in [1.82, 2.24) is 9.62 Å². The highest BCUT2D eigenvalue weighted by Gasteiger charge is 2.16. The number of rotatable bonds is 6. The van der Waals surface area contributed by atoms with Gasteiger partial charge in [-0.15, -0.1) is 0 Å². The second-order valence-corrected chi connectivity index (χ2v) is 6.85. The smallest absolute Gasteiger partial charge is 0.215 e. The van der Waals surface area contributed by atoms with Crippen molar-refractivity contribution in [2.75, 3.05) is 32.9 Å². The van der Waals surface area contributed by atoms with Crippen LogP contribution in [-0.4, -0.2) is 51.6 Å². The van der Waals surface area contributed by atoms with Crippen molar-refractivity contribution in [3.8, 4) is 0 Å². The van der Waals surface area contributed by atoms with Crippen LogP contribution in [0.4, 0.5) is 0 Å². The van der Waals surface area contributed by atoms with Crippen LogP contribution in [0.1, 0.15) is 19.3 Å². The molecule has 0 aromatic rings. The molecule has 0 amide bonds. The standard InChI is InChI=1S/C10H22N4O2S/c1-14(2)17(15,16)7-6-12-10(11)13-8-9-4-3-5-9/h9H,3-8H2,1-2H3,(H3,11,12,13). The molecule has 6 nitrogen and oxygen atoms in total. The van der Waals surface area contributed by atoms with Crippen molar-refractivity contribution >= 4 is 16.0 Å². The number of nitrogens with one attached hydrogen (secondary N) is 1. The molecule has 0 atom stereocenters. The molecule has 7 heteroatoms. The summed E-state index contributed by atoms with van der Waals surface area (Å²) in [5.41, 5.74) is 5.64. The van der Waals surface area contributed by atoms with E-state index in [1.54, 1.807) is 0 Å². The third kappa shape index (κ3) is 4.91. The van der Waals surface area contributed by atoms with Crippen LogP contribution in [0.2, 0.25) is 0 Å². The zero-order valence-corrected chi connectivity index (χ0v) is 11.3. The van der Waals surface area contributed by atoms with Gasteiger partial charge in [0.25, 0.3) is 0 Å². The first-order valence-corrected chi connectivity index (χ1v) is 7.46.